The van der Waals surface area contributed by atoms with Gasteiger partial charge in [0.1, 0.15) is 46.3 Å². The van der Waals surface area contributed by atoms with E-state index in [0.29, 0.717) is 12.3 Å². The van der Waals surface area contributed by atoms with E-state index < -0.39 is 165 Å². The van der Waals surface area contributed by atoms with Crippen molar-refractivity contribution < 1.29 is 80.2 Å². The summed E-state index contributed by atoms with van der Waals surface area (Å²) in [6.07, 6.45) is -10.6. The number of nitrogens with one attached hydrogen (secondary N) is 1. The van der Waals surface area contributed by atoms with Crippen LogP contribution in [0.15, 0.2) is 42.5 Å². The van der Waals surface area contributed by atoms with Crippen molar-refractivity contribution in [1.29, 1.82) is 0 Å². The van der Waals surface area contributed by atoms with Crippen molar-refractivity contribution in [2.45, 2.75) is 95.0 Å². The third-order valence-electron chi connectivity index (χ3n) is 12.7. The molecule has 5 aromatic rings. The number of aliphatic carboxylic acids is 1. The lowest BCUT2D eigenvalue weighted by Crippen LogP contribution is -2.44. The van der Waals surface area contributed by atoms with E-state index in [4.69, 9.17) is 11.6 Å². The van der Waals surface area contributed by atoms with Crippen LogP contribution in [0.2, 0.25) is 5.02 Å². The largest absolute Gasteiger partial charge is 0.480 e. The second-order valence-corrected chi connectivity index (χ2v) is 23.2. The molecule has 73 heavy (non-hydrogen) atoms. The Labute approximate surface area is 413 Å². The van der Waals surface area contributed by atoms with Crippen molar-refractivity contribution in [3.05, 3.63) is 93.0 Å². The molecule has 2 N–H and O–H groups in total. The molecule has 392 valence electrons. The molecule has 0 unspecified atom stereocenters. The number of carboxylic acids is 1. The lowest BCUT2D eigenvalue weighted by Gasteiger charge is -2.24. The van der Waals surface area contributed by atoms with E-state index in [1.54, 1.807) is 0 Å². The summed E-state index contributed by atoms with van der Waals surface area (Å²) in [5, 5.41) is 18.4. The molecule has 1 fully saturated rings. The second-order valence-electron chi connectivity index (χ2n) is 18.4. The fourth-order valence-corrected chi connectivity index (χ4v) is 9.80. The van der Waals surface area contributed by atoms with Gasteiger partial charge in [-0.1, -0.05) is 37.4 Å². The van der Waals surface area contributed by atoms with Gasteiger partial charge in [-0.05, 0) is 80.8 Å². The Balaban J connectivity index is 1.51. The zero-order chi connectivity index (χ0) is 54.5. The minimum absolute atomic E-state index is 0.0941. The molecule has 2 amide bonds. The lowest BCUT2D eigenvalue weighted by atomic mass is 9.93. The summed E-state index contributed by atoms with van der Waals surface area (Å²) in [7, 11) is -8.89. The number of pyridine rings is 1. The highest BCUT2D eigenvalue weighted by molar-refractivity contribution is 7.93. The first kappa shape index (κ1) is 54.5. The molecule has 0 aliphatic heterocycles. The third kappa shape index (κ3) is 10.3. The molecule has 1 saturated carbocycles. The Morgan fingerprint density at radius 2 is 1.53 bits per heavy atom. The predicted octanol–water partition coefficient (Wildman–Crippen LogP) is 8.08. The van der Waals surface area contributed by atoms with E-state index in [1.165, 1.54) is 13.8 Å². The average Bonchev–Trinajstić information content (AvgIpc) is 3.81. The Kier molecular flexibility index (Phi) is 13.7. The first-order chi connectivity index (χ1) is 33.4. The van der Waals surface area contributed by atoms with Crippen molar-refractivity contribution in [3.8, 4) is 23.0 Å². The summed E-state index contributed by atoms with van der Waals surface area (Å²) < 4.78 is 198. The van der Waals surface area contributed by atoms with Crippen LogP contribution >= 0.6 is 11.6 Å². The molecule has 0 saturated heterocycles. The highest BCUT2D eigenvalue weighted by atomic mass is 35.5. The molecule has 3 aromatic heterocycles. The predicted molar refractivity (Wildman–Crippen MR) is 241 cm³/mol. The molecule has 0 radical (unpaired) electrons. The van der Waals surface area contributed by atoms with Gasteiger partial charge < -0.3 is 10.4 Å². The minimum atomic E-state index is -5.28. The van der Waals surface area contributed by atoms with E-state index in [2.05, 4.69) is 32.3 Å². The zero-order valence-corrected chi connectivity index (χ0v) is 41.2. The quantitative estimate of drug-likeness (QED) is 0.0655. The van der Waals surface area contributed by atoms with Crippen LogP contribution in [0.3, 0.4) is 0 Å². The molecular weight excluding hydrogens is 1060 g/mol. The normalized spacial score (nSPS) is 17.9. The highest BCUT2D eigenvalue weighted by Gasteiger charge is 2.61. The number of anilines is 1. The Morgan fingerprint density at radius 1 is 0.932 bits per heavy atom. The Hall–Kier alpha value is -6.27. The molecule has 3 heterocycles. The zero-order valence-electron chi connectivity index (χ0n) is 38.8. The fourth-order valence-electron chi connectivity index (χ4n) is 8.41. The maximum absolute atomic E-state index is 15.8. The Morgan fingerprint density at radius 3 is 2.07 bits per heavy atom. The minimum Gasteiger partial charge on any atom is -0.480 e. The molecule has 0 spiro atoms. The molecule has 28 heteroatoms. The highest BCUT2D eigenvalue weighted by Crippen LogP contribution is 2.56. The van der Waals surface area contributed by atoms with Crippen LogP contribution in [0.4, 0.5) is 49.7 Å². The molecule has 2 aliphatic carbocycles. The number of amides is 2. The number of sulfone groups is 1. The topological polar surface area (TPSA) is 204 Å². The standard InChI is InChI=1S/C45H40ClF10N7O8S2/c1-21-22(2)44(52,53)37-32(21)36(45(54,55)56)59-61(37)19-31(64)58-30(17-23-15-24(47)18-25(48)16-23)34-27(8-7-26(57-34)11-12-41(3,4)72(5,68)69)28-9-10-29(46)33-35(28)62(20-43(49,50)51)60-38(33)63(73(6,70)71)39(65)42(13-14-42)40(66)67/h7-10,15-16,18,21-22,30H,13-14,17,19-20H2,1-6H3,(H,58,64)(H,66,67)/t21-,22+,30-/m0/s1. The van der Waals surface area contributed by atoms with Crippen molar-refractivity contribution in [2.24, 2.45) is 11.3 Å². The maximum atomic E-state index is 15.8. The summed E-state index contributed by atoms with van der Waals surface area (Å²) in [6, 6.07) is 4.48. The van der Waals surface area contributed by atoms with Gasteiger partial charge in [0.25, 0.3) is 11.8 Å². The number of nitrogens with zero attached hydrogens (tertiary/aromatic N) is 6. The summed E-state index contributed by atoms with van der Waals surface area (Å²) in [4.78, 5) is 44.9. The van der Waals surface area contributed by atoms with Crippen molar-refractivity contribution in [2.75, 3.05) is 16.8 Å². The van der Waals surface area contributed by atoms with Gasteiger partial charge in [0, 0.05) is 34.9 Å². The first-order valence-electron chi connectivity index (χ1n) is 21.5. The first-order valence-corrected chi connectivity index (χ1v) is 25.6. The number of rotatable bonds is 13. The summed E-state index contributed by atoms with van der Waals surface area (Å²) in [5.41, 5.74) is -8.74. The molecule has 2 aliphatic rings. The number of sulfonamides is 1. The van der Waals surface area contributed by atoms with Crippen LogP contribution in [0.1, 0.15) is 86.4 Å². The summed E-state index contributed by atoms with van der Waals surface area (Å²) in [6.45, 7) is 1.16. The number of carbonyl (C=O) groups excluding carboxylic acids is 2. The van der Waals surface area contributed by atoms with Gasteiger partial charge in [-0.15, -0.1) is 0 Å². The summed E-state index contributed by atoms with van der Waals surface area (Å²) in [5.74, 6) is -10.2. The van der Waals surface area contributed by atoms with Crippen LogP contribution in [-0.4, -0.2) is 87.7 Å². The number of benzene rings is 2. The molecule has 15 nitrogen and oxygen atoms in total. The van der Waals surface area contributed by atoms with Crippen LogP contribution in [0, 0.1) is 34.8 Å². The van der Waals surface area contributed by atoms with Crippen molar-refractivity contribution in [1.82, 2.24) is 29.9 Å². The molecule has 0 bridgehead atoms. The molecule has 2 aromatic carbocycles. The van der Waals surface area contributed by atoms with Gasteiger partial charge in [0.2, 0.25) is 15.9 Å². The van der Waals surface area contributed by atoms with Crippen molar-refractivity contribution in [3.63, 3.8) is 0 Å². The fraction of sp³-hybridized carbons (Fsp3) is 0.422. The van der Waals surface area contributed by atoms with E-state index in [1.807, 2.05) is 0 Å². The Bertz CT molecular complexity index is 3410. The number of carbonyl (C=O) groups is 3. The van der Waals surface area contributed by atoms with Crippen LogP contribution < -0.4 is 9.62 Å². The second kappa shape index (κ2) is 18.3. The van der Waals surface area contributed by atoms with E-state index >= 15 is 8.78 Å². The van der Waals surface area contributed by atoms with Gasteiger partial charge in [0.15, 0.2) is 21.3 Å². The average molecular weight is 1100 g/mol. The number of hydrogen-bond donors (Lipinski definition) is 2. The number of fused-ring (bicyclic) bond motifs is 2. The van der Waals surface area contributed by atoms with E-state index in [-0.39, 0.29) is 43.3 Å². The number of carboxylic acid groups (broad SMARTS) is 1. The van der Waals surface area contributed by atoms with Gasteiger partial charge >= 0.3 is 18.3 Å². The lowest BCUT2D eigenvalue weighted by molar-refractivity contribution is -0.148. The SMILES string of the molecule is C[C@@H]1c2c(C(F)(F)F)nn(CC(=O)N[C@@H](Cc3cc(F)cc(F)c3)c3nc(C#CC(C)(C)S(C)(=O)=O)ccc3-c3ccc(Cl)c4c(N(C(=O)C5(C(=O)O)CC5)S(C)(=O)=O)nn(CC(F)(F)F)c34)c2C(F)(F)[C@@H]1C. The number of halogens is 11. The molecule has 7 rings (SSSR count). The van der Waals surface area contributed by atoms with Gasteiger partial charge in [0.05, 0.1) is 33.9 Å². The summed E-state index contributed by atoms with van der Waals surface area (Å²) >= 11 is 6.61. The third-order valence-corrected chi connectivity index (χ3v) is 16.0. The van der Waals surface area contributed by atoms with E-state index in [9.17, 15) is 71.4 Å². The van der Waals surface area contributed by atoms with Crippen LogP contribution in [0.5, 0.6) is 0 Å². The van der Waals surface area contributed by atoms with Crippen LogP contribution in [0.25, 0.3) is 22.0 Å². The van der Waals surface area contributed by atoms with Gasteiger partial charge in [-0.3, -0.25) is 23.7 Å². The number of alkyl halides is 8. The van der Waals surface area contributed by atoms with Gasteiger partial charge in [-0.25, -0.2) is 30.6 Å². The van der Waals surface area contributed by atoms with E-state index in [0.717, 1.165) is 56.5 Å². The number of hydrogen-bond acceptors (Lipinski definition) is 10. The van der Waals surface area contributed by atoms with Gasteiger partial charge in [-0.2, -0.15) is 49.6 Å². The molecular formula is C45H40ClF10N7O8S2. The van der Waals surface area contributed by atoms with Crippen LogP contribution in [-0.2, 0) is 65.9 Å². The number of aromatic nitrogens is 5. The van der Waals surface area contributed by atoms with Crippen molar-refractivity contribution >= 4 is 66.0 Å². The molecule has 3 atom stereocenters. The monoisotopic (exact) mass is 1100 g/mol. The smallest absolute Gasteiger partial charge is 0.435 e. The maximum Gasteiger partial charge on any atom is 0.435 e.